The average molecular weight is 1440 g/mol. The summed E-state index contributed by atoms with van der Waals surface area (Å²) >= 11 is 0. The molecule has 0 spiro atoms. The van der Waals surface area contributed by atoms with Crippen LogP contribution in [0.2, 0.25) is 0 Å². The van der Waals surface area contributed by atoms with Crippen LogP contribution in [0.5, 0.6) is 0 Å². The number of aliphatic hydroxyl groups excluding tert-OH is 1. The first-order chi connectivity index (χ1) is 47.7. The van der Waals surface area contributed by atoms with Crippen molar-refractivity contribution in [2.45, 2.75) is 444 Å². The van der Waals surface area contributed by atoms with E-state index in [2.05, 4.69) is 27.7 Å². The van der Waals surface area contributed by atoms with Crippen molar-refractivity contribution in [1.82, 2.24) is 0 Å². The lowest BCUT2D eigenvalue weighted by molar-refractivity contribution is -0.161. The number of phosphoric ester groups is 2. The molecule has 0 aromatic rings. The van der Waals surface area contributed by atoms with E-state index in [1.54, 1.807) is 0 Å². The molecular formula is C79H154O17P2. The summed E-state index contributed by atoms with van der Waals surface area (Å²) in [6, 6.07) is 0. The van der Waals surface area contributed by atoms with Crippen LogP contribution in [-0.4, -0.2) is 96.7 Å². The number of carbonyl (C=O) groups is 4. The van der Waals surface area contributed by atoms with Crippen LogP contribution >= 0.6 is 15.6 Å². The number of phosphoric acid groups is 2. The summed E-state index contributed by atoms with van der Waals surface area (Å²) in [6.45, 7) is 4.94. The second-order valence-corrected chi connectivity index (χ2v) is 31.4. The van der Waals surface area contributed by atoms with Crippen LogP contribution in [0.4, 0.5) is 0 Å². The van der Waals surface area contributed by atoms with E-state index in [1.165, 1.54) is 244 Å². The van der Waals surface area contributed by atoms with Gasteiger partial charge in [0.1, 0.15) is 19.3 Å². The molecule has 0 radical (unpaired) electrons. The monoisotopic (exact) mass is 1440 g/mol. The smallest absolute Gasteiger partial charge is 0.462 e. The van der Waals surface area contributed by atoms with Crippen molar-refractivity contribution in [2.75, 3.05) is 39.6 Å². The molecule has 0 rings (SSSR count). The van der Waals surface area contributed by atoms with Crippen molar-refractivity contribution in [1.29, 1.82) is 0 Å². The van der Waals surface area contributed by atoms with Crippen molar-refractivity contribution < 1.29 is 80.2 Å². The molecule has 0 aliphatic carbocycles. The van der Waals surface area contributed by atoms with Crippen LogP contribution in [0.25, 0.3) is 0 Å². The molecule has 0 aliphatic heterocycles. The Kier molecular flexibility index (Phi) is 71.9. The molecule has 98 heavy (non-hydrogen) atoms. The number of hydrogen-bond donors (Lipinski definition) is 3. The van der Waals surface area contributed by atoms with E-state index in [-0.39, 0.29) is 25.7 Å². The predicted molar refractivity (Wildman–Crippen MR) is 400 cm³/mol. The topological polar surface area (TPSA) is 237 Å². The van der Waals surface area contributed by atoms with Crippen LogP contribution in [0, 0.1) is 0 Å². The summed E-state index contributed by atoms with van der Waals surface area (Å²) in [5, 5.41) is 10.6. The first-order valence-corrected chi connectivity index (χ1v) is 44.3. The third-order valence-corrected chi connectivity index (χ3v) is 20.5. The van der Waals surface area contributed by atoms with Crippen molar-refractivity contribution in [3.05, 3.63) is 0 Å². The molecule has 2 unspecified atom stereocenters. The van der Waals surface area contributed by atoms with Gasteiger partial charge in [-0.05, 0) is 25.7 Å². The number of ether oxygens (including phenoxy) is 4. The highest BCUT2D eigenvalue weighted by Gasteiger charge is 2.30. The first-order valence-electron chi connectivity index (χ1n) is 41.3. The number of hydrogen-bond acceptors (Lipinski definition) is 15. The van der Waals surface area contributed by atoms with Crippen LogP contribution in [0.1, 0.15) is 426 Å². The second-order valence-electron chi connectivity index (χ2n) is 28.5. The molecule has 582 valence electrons. The average Bonchev–Trinajstić information content (AvgIpc) is 1.06. The Morgan fingerprint density at radius 3 is 0.602 bits per heavy atom. The summed E-state index contributed by atoms with van der Waals surface area (Å²) in [6.07, 6.45) is 65.7. The Morgan fingerprint density at radius 1 is 0.245 bits per heavy atom. The van der Waals surface area contributed by atoms with Crippen molar-refractivity contribution in [3.8, 4) is 0 Å². The minimum atomic E-state index is -4.96. The number of esters is 4. The second kappa shape index (κ2) is 73.4. The molecule has 19 heteroatoms. The zero-order valence-electron chi connectivity index (χ0n) is 63.8. The molecular weight excluding hydrogens is 1280 g/mol. The van der Waals surface area contributed by atoms with Crippen molar-refractivity contribution in [2.24, 2.45) is 0 Å². The normalized spacial score (nSPS) is 13.8. The maximum Gasteiger partial charge on any atom is 0.472 e. The standard InChI is InChI=1S/C79H154O17P2/c1-5-9-13-17-21-25-27-29-31-33-35-37-39-41-43-45-47-49-53-56-60-64-77(82)90-70-75(96-79(84)66-62-58-54-50-48-46-44-42-40-38-36-34-32-30-28-26-22-18-14-10-6-2)72-94-98(87,88)92-68-73(80)67-91-97(85,86)93-71-74(95-78(83)65-61-57-52-24-20-16-12-8-4)69-89-76(81)63-59-55-51-23-19-15-11-7-3/h73-75,80H,5-72H2,1-4H3,(H,85,86)(H,87,88)/t73-,74+,75+/m0/s1. The number of aliphatic hydroxyl groups is 1. The Labute approximate surface area is 600 Å². The lowest BCUT2D eigenvalue weighted by Gasteiger charge is -2.21. The fourth-order valence-corrected chi connectivity index (χ4v) is 13.9. The van der Waals surface area contributed by atoms with Gasteiger partial charge in [-0.1, -0.05) is 374 Å². The van der Waals surface area contributed by atoms with Gasteiger partial charge in [-0.25, -0.2) is 9.13 Å². The zero-order chi connectivity index (χ0) is 71.8. The SMILES string of the molecule is CCCCCCCCCCCCCCCCCCCCCCCC(=O)OC[C@H](COP(=O)(O)OC[C@@H](O)COP(=O)(O)OC[C@@H](COC(=O)CCCCCCCCCC)OC(=O)CCCCCCCCCC)OC(=O)CCCCCCCCCCCCCCCCCCCCCCC. The quantitative estimate of drug-likeness (QED) is 0.0222. The van der Waals surface area contributed by atoms with Gasteiger partial charge in [-0.15, -0.1) is 0 Å². The molecule has 5 atom stereocenters. The van der Waals surface area contributed by atoms with Gasteiger partial charge < -0.3 is 33.8 Å². The van der Waals surface area contributed by atoms with Gasteiger partial charge >= 0.3 is 39.5 Å². The lowest BCUT2D eigenvalue weighted by atomic mass is 10.0. The first kappa shape index (κ1) is 96.1. The van der Waals surface area contributed by atoms with Crippen LogP contribution in [0.15, 0.2) is 0 Å². The van der Waals surface area contributed by atoms with E-state index in [9.17, 15) is 43.2 Å². The van der Waals surface area contributed by atoms with Crippen LogP contribution in [0.3, 0.4) is 0 Å². The molecule has 0 aromatic heterocycles. The molecule has 17 nitrogen and oxygen atoms in total. The van der Waals surface area contributed by atoms with Gasteiger partial charge in [-0.3, -0.25) is 37.3 Å². The largest absolute Gasteiger partial charge is 0.472 e. The maximum atomic E-state index is 13.1. The van der Waals surface area contributed by atoms with Crippen LogP contribution < -0.4 is 0 Å². The van der Waals surface area contributed by atoms with E-state index in [0.29, 0.717) is 25.7 Å². The summed E-state index contributed by atoms with van der Waals surface area (Å²) in [7, 11) is -9.90. The fourth-order valence-electron chi connectivity index (χ4n) is 12.3. The highest BCUT2D eigenvalue weighted by molar-refractivity contribution is 7.47. The zero-order valence-corrected chi connectivity index (χ0v) is 65.6. The van der Waals surface area contributed by atoms with Gasteiger partial charge in [0, 0.05) is 25.7 Å². The molecule has 0 saturated carbocycles. The molecule has 0 fully saturated rings. The molecule has 0 saturated heterocycles. The van der Waals surface area contributed by atoms with Gasteiger partial charge in [0.25, 0.3) is 0 Å². The summed E-state index contributed by atoms with van der Waals surface area (Å²) in [5.74, 6) is -2.12. The molecule has 0 heterocycles. The third kappa shape index (κ3) is 72.4. The van der Waals surface area contributed by atoms with Gasteiger partial charge in [0.2, 0.25) is 0 Å². The fraction of sp³-hybridized carbons (Fsp3) is 0.949. The Hall–Kier alpha value is -1.94. The summed E-state index contributed by atoms with van der Waals surface area (Å²) in [4.78, 5) is 72.6. The lowest BCUT2D eigenvalue weighted by Crippen LogP contribution is -2.30. The Morgan fingerprint density at radius 2 is 0.408 bits per heavy atom. The van der Waals surface area contributed by atoms with E-state index in [0.717, 1.165) is 103 Å². The Bertz CT molecular complexity index is 1860. The number of rotatable bonds is 80. The predicted octanol–water partition coefficient (Wildman–Crippen LogP) is 23.8. The van der Waals surface area contributed by atoms with E-state index >= 15 is 0 Å². The van der Waals surface area contributed by atoms with E-state index in [4.69, 9.17) is 37.0 Å². The van der Waals surface area contributed by atoms with Crippen molar-refractivity contribution in [3.63, 3.8) is 0 Å². The number of unbranched alkanes of at least 4 members (excludes halogenated alkanes) is 54. The maximum absolute atomic E-state index is 13.1. The molecule has 0 amide bonds. The van der Waals surface area contributed by atoms with E-state index in [1.807, 2.05) is 0 Å². The highest BCUT2D eigenvalue weighted by atomic mass is 31.2. The third-order valence-electron chi connectivity index (χ3n) is 18.6. The van der Waals surface area contributed by atoms with Crippen molar-refractivity contribution >= 4 is 39.5 Å². The Balaban J connectivity index is 5.11. The molecule has 3 N–H and O–H groups in total. The minimum absolute atomic E-state index is 0.105. The van der Waals surface area contributed by atoms with E-state index < -0.39 is 97.5 Å². The number of carbonyl (C=O) groups excluding carboxylic acids is 4. The minimum Gasteiger partial charge on any atom is -0.462 e. The molecule has 0 bridgehead atoms. The molecule has 0 aliphatic rings. The van der Waals surface area contributed by atoms with Gasteiger partial charge in [-0.2, -0.15) is 0 Å². The summed E-state index contributed by atoms with van der Waals surface area (Å²) < 4.78 is 68.4. The van der Waals surface area contributed by atoms with Gasteiger partial charge in [0.15, 0.2) is 12.2 Å². The van der Waals surface area contributed by atoms with Crippen LogP contribution in [-0.2, 0) is 65.4 Å². The van der Waals surface area contributed by atoms with Gasteiger partial charge in [0.05, 0.1) is 26.4 Å². The highest BCUT2D eigenvalue weighted by Crippen LogP contribution is 2.45. The molecule has 0 aromatic carbocycles. The summed E-state index contributed by atoms with van der Waals surface area (Å²) in [5.41, 5.74) is 0.